The van der Waals surface area contributed by atoms with Gasteiger partial charge in [-0.3, -0.25) is 4.79 Å². The van der Waals surface area contributed by atoms with Crippen LogP contribution < -0.4 is 5.32 Å². The summed E-state index contributed by atoms with van der Waals surface area (Å²) in [4.78, 5) is 15.3. The van der Waals surface area contributed by atoms with Crippen LogP contribution in [-0.2, 0) is 17.4 Å². The van der Waals surface area contributed by atoms with E-state index in [1.165, 1.54) is 0 Å². The van der Waals surface area contributed by atoms with Crippen LogP contribution in [0.3, 0.4) is 0 Å². The fourth-order valence-corrected chi connectivity index (χ4v) is 2.19. The maximum atomic E-state index is 12.5. The first-order chi connectivity index (χ1) is 12.2. The first-order valence-corrected chi connectivity index (χ1v) is 8.18. The van der Waals surface area contributed by atoms with E-state index in [0.29, 0.717) is 18.5 Å². The van der Waals surface area contributed by atoms with Crippen molar-refractivity contribution in [1.29, 1.82) is 0 Å². The van der Waals surface area contributed by atoms with Crippen molar-refractivity contribution in [2.45, 2.75) is 19.5 Å². The molecule has 0 fully saturated rings. The highest BCUT2D eigenvalue weighted by Crippen LogP contribution is 2.29. The van der Waals surface area contributed by atoms with Gasteiger partial charge in [-0.05, 0) is 18.9 Å². The number of rotatable bonds is 7. The quantitative estimate of drug-likeness (QED) is 0.708. The molecule has 6 nitrogen and oxygen atoms in total. The summed E-state index contributed by atoms with van der Waals surface area (Å²) < 4.78 is 41.6. The van der Waals surface area contributed by atoms with Gasteiger partial charge < -0.3 is 14.9 Å². The number of amides is 1. The second-order valence-electron chi connectivity index (χ2n) is 5.98. The summed E-state index contributed by atoms with van der Waals surface area (Å²) in [7, 11) is 0. The van der Waals surface area contributed by atoms with E-state index >= 15 is 0 Å². The molecule has 1 heterocycles. The molecule has 1 unspecified atom stereocenters. The van der Waals surface area contributed by atoms with Gasteiger partial charge in [0.25, 0.3) is 0 Å². The zero-order chi connectivity index (χ0) is 19.4. The summed E-state index contributed by atoms with van der Waals surface area (Å²) in [5.41, 5.74) is 0.192. The van der Waals surface area contributed by atoms with E-state index in [9.17, 15) is 23.1 Å². The number of aromatic nitrogens is 2. The number of aliphatic hydroxyl groups is 1. The molecule has 26 heavy (non-hydrogen) atoms. The van der Waals surface area contributed by atoms with Gasteiger partial charge in [0.15, 0.2) is 0 Å². The van der Waals surface area contributed by atoms with Gasteiger partial charge in [-0.2, -0.15) is 18.2 Å². The maximum absolute atomic E-state index is 12.5. The van der Waals surface area contributed by atoms with E-state index in [4.69, 9.17) is 11.6 Å². The molecule has 0 aliphatic rings. The lowest BCUT2D eigenvalue weighted by molar-refractivity contribution is -0.159. The molecule has 1 amide bonds. The summed E-state index contributed by atoms with van der Waals surface area (Å²) in [6.07, 6.45) is -4.19. The predicted octanol–water partition coefficient (Wildman–Crippen LogP) is 2.65. The molecule has 0 aliphatic carbocycles. The van der Waals surface area contributed by atoms with Gasteiger partial charge in [-0.25, -0.2) is 0 Å². The molecular weight excluding hydrogens is 375 g/mol. The van der Waals surface area contributed by atoms with Crippen molar-refractivity contribution in [2.24, 2.45) is 5.41 Å². The van der Waals surface area contributed by atoms with Crippen LogP contribution in [0.2, 0.25) is 0 Å². The minimum absolute atomic E-state index is 0.00531. The van der Waals surface area contributed by atoms with Crippen LogP contribution in [0.1, 0.15) is 18.4 Å². The van der Waals surface area contributed by atoms with Gasteiger partial charge in [-0.15, -0.1) is 11.6 Å². The van der Waals surface area contributed by atoms with E-state index < -0.39 is 17.5 Å². The maximum Gasteiger partial charge on any atom is 0.471 e. The van der Waals surface area contributed by atoms with Crippen LogP contribution in [0, 0.1) is 5.41 Å². The van der Waals surface area contributed by atoms with Crippen LogP contribution in [0.5, 0.6) is 0 Å². The van der Waals surface area contributed by atoms with E-state index in [1.54, 1.807) is 31.2 Å². The monoisotopic (exact) mass is 391 g/mol. The Kier molecular flexibility index (Phi) is 6.25. The molecule has 1 aromatic heterocycles. The minimum Gasteiger partial charge on any atom is -0.395 e. The van der Waals surface area contributed by atoms with E-state index in [0.717, 1.165) is 5.56 Å². The third-order valence-electron chi connectivity index (χ3n) is 3.77. The molecule has 0 saturated carbocycles. The van der Waals surface area contributed by atoms with Crippen molar-refractivity contribution in [3.8, 4) is 11.4 Å². The fraction of sp³-hybridized carbons (Fsp3) is 0.438. The lowest BCUT2D eigenvalue weighted by Crippen LogP contribution is -2.43. The molecule has 2 N–H and O–H groups in total. The lowest BCUT2D eigenvalue weighted by Gasteiger charge is -2.23. The number of carbonyl (C=O) groups excluding carboxylic acids is 1. The zero-order valence-corrected chi connectivity index (χ0v) is 14.6. The third kappa shape index (κ3) is 4.73. The van der Waals surface area contributed by atoms with E-state index in [1.807, 2.05) is 0 Å². The first kappa shape index (κ1) is 20.2. The smallest absolute Gasteiger partial charge is 0.395 e. The average molecular weight is 392 g/mol. The predicted molar refractivity (Wildman–Crippen MR) is 87.4 cm³/mol. The second-order valence-corrected chi connectivity index (χ2v) is 6.24. The SMILES string of the molecule is CC(CO)(CCl)C(=O)NCCc1ccc(-c2noc(C(F)(F)F)n2)cc1. The molecule has 0 radical (unpaired) electrons. The molecule has 0 spiro atoms. The number of hydrogen-bond acceptors (Lipinski definition) is 5. The minimum atomic E-state index is -4.69. The van der Waals surface area contributed by atoms with Crippen molar-refractivity contribution in [3.63, 3.8) is 0 Å². The number of nitrogens with one attached hydrogen (secondary N) is 1. The van der Waals surface area contributed by atoms with Gasteiger partial charge in [0.2, 0.25) is 11.7 Å². The molecule has 0 saturated heterocycles. The summed E-state index contributed by atoms with van der Waals surface area (Å²) in [5.74, 6) is -1.91. The number of alkyl halides is 4. The summed E-state index contributed by atoms with van der Waals surface area (Å²) in [6, 6.07) is 6.52. The Morgan fingerprint density at radius 1 is 1.31 bits per heavy atom. The van der Waals surface area contributed by atoms with Crippen LogP contribution in [0.25, 0.3) is 11.4 Å². The van der Waals surface area contributed by atoms with Crippen molar-refractivity contribution < 1.29 is 27.6 Å². The third-order valence-corrected chi connectivity index (χ3v) is 4.36. The number of hydrogen-bond donors (Lipinski definition) is 2. The number of nitrogens with zero attached hydrogens (tertiary/aromatic N) is 2. The van der Waals surface area contributed by atoms with E-state index in [-0.39, 0.29) is 24.2 Å². The number of carbonyl (C=O) groups is 1. The van der Waals surface area contributed by atoms with Crippen molar-refractivity contribution >= 4 is 17.5 Å². The van der Waals surface area contributed by atoms with Crippen molar-refractivity contribution in [3.05, 3.63) is 35.7 Å². The molecule has 0 bridgehead atoms. The molecule has 2 rings (SSSR count). The Morgan fingerprint density at radius 3 is 2.46 bits per heavy atom. The first-order valence-electron chi connectivity index (χ1n) is 7.65. The zero-order valence-electron chi connectivity index (χ0n) is 13.8. The van der Waals surface area contributed by atoms with Crippen molar-refractivity contribution in [1.82, 2.24) is 15.5 Å². The van der Waals surface area contributed by atoms with Crippen LogP contribution >= 0.6 is 11.6 Å². The number of aliphatic hydroxyl groups excluding tert-OH is 1. The molecule has 1 aromatic carbocycles. The van der Waals surface area contributed by atoms with Gasteiger partial charge in [-0.1, -0.05) is 29.4 Å². The van der Waals surface area contributed by atoms with Crippen LogP contribution in [-0.4, -0.2) is 40.2 Å². The molecule has 2 aromatic rings. The highest BCUT2D eigenvalue weighted by Gasteiger charge is 2.38. The highest BCUT2D eigenvalue weighted by atomic mass is 35.5. The molecular formula is C16H17ClF3N3O3. The highest BCUT2D eigenvalue weighted by molar-refractivity contribution is 6.19. The number of halogens is 4. The Morgan fingerprint density at radius 2 is 1.96 bits per heavy atom. The van der Waals surface area contributed by atoms with Crippen LogP contribution in [0.4, 0.5) is 13.2 Å². The van der Waals surface area contributed by atoms with Gasteiger partial charge >= 0.3 is 12.1 Å². The summed E-state index contributed by atoms with van der Waals surface area (Å²) >= 11 is 5.69. The fourth-order valence-electron chi connectivity index (χ4n) is 1.98. The van der Waals surface area contributed by atoms with E-state index in [2.05, 4.69) is 20.0 Å². The normalized spacial score (nSPS) is 14.1. The Hall–Kier alpha value is -2.13. The summed E-state index contributed by atoms with van der Waals surface area (Å²) in [6.45, 7) is 1.52. The lowest BCUT2D eigenvalue weighted by atomic mass is 9.93. The van der Waals surface area contributed by atoms with Gasteiger partial charge in [0.1, 0.15) is 0 Å². The second kappa shape index (κ2) is 8.05. The van der Waals surface area contributed by atoms with Crippen molar-refractivity contribution in [2.75, 3.05) is 19.0 Å². The molecule has 142 valence electrons. The van der Waals surface area contributed by atoms with Crippen LogP contribution in [0.15, 0.2) is 28.8 Å². The Labute approximate surface area is 152 Å². The molecule has 1 atom stereocenters. The largest absolute Gasteiger partial charge is 0.471 e. The van der Waals surface area contributed by atoms with Gasteiger partial charge in [0.05, 0.1) is 12.0 Å². The average Bonchev–Trinajstić information content (AvgIpc) is 3.12. The summed E-state index contributed by atoms with van der Waals surface area (Å²) in [5, 5.41) is 15.2. The number of benzene rings is 1. The topological polar surface area (TPSA) is 88.2 Å². The Bertz CT molecular complexity index is 743. The standard InChI is InChI=1S/C16H17ClF3N3O3/c1-15(8-17,9-24)13(25)21-7-6-10-2-4-11(5-3-10)12-22-14(26-23-12)16(18,19)20/h2-5,24H,6-9H2,1H3,(H,21,25). The molecule has 10 heteroatoms. The molecule has 0 aliphatic heterocycles. The Balaban J connectivity index is 1.94. The van der Waals surface area contributed by atoms with Gasteiger partial charge in [0, 0.05) is 18.0 Å².